The second-order valence-electron chi connectivity index (χ2n) is 5.72. The van der Waals surface area contributed by atoms with Crippen LogP contribution >= 0.6 is 0 Å². The van der Waals surface area contributed by atoms with Gasteiger partial charge in [0, 0.05) is 5.56 Å². The fourth-order valence-electron chi connectivity index (χ4n) is 2.43. The van der Waals surface area contributed by atoms with Crippen LogP contribution in [0, 0.1) is 20.8 Å². The second-order valence-corrected chi connectivity index (χ2v) is 5.72. The molecule has 0 aliphatic carbocycles. The minimum Gasteiger partial charge on any atom is -0.457 e. The molecule has 0 unspecified atom stereocenters. The molecular formula is C21H20O2. The molecule has 0 saturated carbocycles. The molecule has 0 saturated heterocycles. The predicted molar refractivity (Wildman–Crippen MR) is 93.7 cm³/mol. The van der Waals surface area contributed by atoms with E-state index in [0.717, 1.165) is 28.6 Å². The lowest BCUT2D eigenvalue weighted by Gasteiger charge is -2.14. The van der Waals surface area contributed by atoms with Crippen LogP contribution in [-0.2, 0) is 0 Å². The molecule has 0 atom stereocenters. The molecular weight excluding hydrogens is 284 g/mol. The van der Waals surface area contributed by atoms with Crippen molar-refractivity contribution in [1.29, 1.82) is 0 Å². The average Bonchev–Trinajstić information content (AvgIpc) is 2.51. The number of ether oxygens (including phenoxy) is 2. The van der Waals surface area contributed by atoms with Gasteiger partial charge in [-0.05, 0) is 68.3 Å². The van der Waals surface area contributed by atoms with Crippen molar-refractivity contribution in [3.63, 3.8) is 0 Å². The Bertz CT molecular complexity index is 756. The summed E-state index contributed by atoms with van der Waals surface area (Å²) in [5.74, 6) is 3.28. The van der Waals surface area contributed by atoms with Crippen molar-refractivity contribution in [1.82, 2.24) is 0 Å². The number of benzene rings is 3. The smallest absolute Gasteiger partial charge is 0.134 e. The Morgan fingerprint density at radius 3 is 1.43 bits per heavy atom. The SMILES string of the molecule is Cc1cccc(Oc2cccc(Oc3cccc(C)c3)c2C)c1. The van der Waals surface area contributed by atoms with Crippen LogP contribution in [0.2, 0.25) is 0 Å². The third-order valence-corrected chi connectivity index (χ3v) is 3.67. The summed E-state index contributed by atoms with van der Waals surface area (Å²) in [7, 11) is 0. The third-order valence-electron chi connectivity index (χ3n) is 3.67. The van der Waals surface area contributed by atoms with E-state index in [1.54, 1.807) is 0 Å². The predicted octanol–water partition coefficient (Wildman–Crippen LogP) is 6.20. The molecule has 3 aromatic carbocycles. The molecule has 0 aliphatic heterocycles. The Labute approximate surface area is 137 Å². The van der Waals surface area contributed by atoms with Crippen molar-refractivity contribution in [2.45, 2.75) is 20.8 Å². The number of hydrogen-bond donors (Lipinski definition) is 0. The second kappa shape index (κ2) is 6.57. The van der Waals surface area contributed by atoms with Crippen molar-refractivity contribution < 1.29 is 9.47 Å². The normalized spacial score (nSPS) is 10.4. The van der Waals surface area contributed by atoms with E-state index >= 15 is 0 Å². The molecule has 116 valence electrons. The van der Waals surface area contributed by atoms with Crippen molar-refractivity contribution in [3.05, 3.63) is 83.4 Å². The van der Waals surface area contributed by atoms with E-state index in [-0.39, 0.29) is 0 Å². The van der Waals surface area contributed by atoms with Crippen LogP contribution in [0.15, 0.2) is 66.7 Å². The van der Waals surface area contributed by atoms with Crippen LogP contribution in [0.3, 0.4) is 0 Å². The van der Waals surface area contributed by atoms with E-state index in [0.29, 0.717) is 0 Å². The Morgan fingerprint density at radius 2 is 1.00 bits per heavy atom. The van der Waals surface area contributed by atoms with E-state index < -0.39 is 0 Å². The lowest BCUT2D eigenvalue weighted by atomic mass is 10.2. The molecule has 0 fully saturated rings. The lowest BCUT2D eigenvalue weighted by Crippen LogP contribution is -1.92. The standard InChI is InChI=1S/C21H20O2/c1-15-7-4-9-18(13-15)22-20-11-6-12-21(17(20)3)23-19-10-5-8-16(2)14-19/h4-14H,1-3H3. The van der Waals surface area contributed by atoms with Gasteiger partial charge in [-0.25, -0.2) is 0 Å². The Kier molecular flexibility index (Phi) is 4.33. The van der Waals surface area contributed by atoms with E-state index in [9.17, 15) is 0 Å². The first-order chi connectivity index (χ1) is 11.1. The van der Waals surface area contributed by atoms with Gasteiger partial charge in [0.15, 0.2) is 0 Å². The Balaban J connectivity index is 1.86. The average molecular weight is 304 g/mol. The largest absolute Gasteiger partial charge is 0.457 e. The minimum absolute atomic E-state index is 0.806. The fraction of sp³-hybridized carbons (Fsp3) is 0.143. The van der Waals surface area contributed by atoms with E-state index in [1.165, 1.54) is 11.1 Å². The van der Waals surface area contributed by atoms with Gasteiger partial charge in [0.25, 0.3) is 0 Å². The van der Waals surface area contributed by atoms with Crippen LogP contribution in [0.25, 0.3) is 0 Å². The van der Waals surface area contributed by atoms with Gasteiger partial charge in [0.1, 0.15) is 23.0 Å². The van der Waals surface area contributed by atoms with Crippen molar-refractivity contribution in [3.8, 4) is 23.0 Å². The molecule has 0 heterocycles. The highest BCUT2D eigenvalue weighted by Crippen LogP contribution is 2.34. The molecule has 0 aliphatic rings. The Morgan fingerprint density at radius 1 is 0.565 bits per heavy atom. The zero-order chi connectivity index (χ0) is 16.2. The molecule has 2 heteroatoms. The molecule has 3 aromatic rings. The summed E-state index contributed by atoms with van der Waals surface area (Å²) in [5.41, 5.74) is 3.33. The summed E-state index contributed by atoms with van der Waals surface area (Å²) in [4.78, 5) is 0. The topological polar surface area (TPSA) is 18.5 Å². The highest BCUT2D eigenvalue weighted by Gasteiger charge is 2.08. The van der Waals surface area contributed by atoms with Gasteiger partial charge in [-0.3, -0.25) is 0 Å². The van der Waals surface area contributed by atoms with Gasteiger partial charge in [0.2, 0.25) is 0 Å². The first-order valence-corrected chi connectivity index (χ1v) is 7.70. The molecule has 0 spiro atoms. The maximum absolute atomic E-state index is 6.01. The van der Waals surface area contributed by atoms with Crippen molar-refractivity contribution >= 4 is 0 Å². The molecule has 2 nitrogen and oxygen atoms in total. The quantitative estimate of drug-likeness (QED) is 0.571. The van der Waals surface area contributed by atoms with Gasteiger partial charge in [-0.15, -0.1) is 0 Å². The van der Waals surface area contributed by atoms with Gasteiger partial charge in [-0.2, -0.15) is 0 Å². The summed E-state index contributed by atoms with van der Waals surface area (Å²) in [6.07, 6.45) is 0. The summed E-state index contributed by atoms with van der Waals surface area (Å²) in [6.45, 7) is 6.12. The molecule has 3 rings (SSSR count). The van der Waals surface area contributed by atoms with E-state index in [2.05, 4.69) is 26.0 Å². The third kappa shape index (κ3) is 3.72. The number of hydrogen-bond acceptors (Lipinski definition) is 2. The highest BCUT2D eigenvalue weighted by atomic mass is 16.5. The summed E-state index contributed by atoms with van der Waals surface area (Å²) in [6, 6.07) is 21.9. The number of aryl methyl sites for hydroxylation is 2. The maximum Gasteiger partial charge on any atom is 0.134 e. The van der Waals surface area contributed by atoms with Gasteiger partial charge in [-0.1, -0.05) is 30.3 Å². The van der Waals surface area contributed by atoms with Crippen LogP contribution in [-0.4, -0.2) is 0 Å². The molecule has 0 aromatic heterocycles. The molecule has 0 bridgehead atoms. The monoisotopic (exact) mass is 304 g/mol. The zero-order valence-electron chi connectivity index (χ0n) is 13.7. The fourth-order valence-corrected chi connectivity index (χ4v) is 2.43. The van der Waals surface area contributed by atoms with E-state index in [1.807, 2.05) is 61.5 Å². The van der Waals surface area contributed by atoms with Crippen LogP contribution in [0.4, 0.5) is 0 Å². The molecule has 0 amide bonds. The first-order valence-electron chi connectivity index (χ1n) is 7.70. The molecule has 23 heavy (non-hydrogen) atoms. The van der Waals surface area contributed by atoms with E-state index in [4.69, 9.17) is 9.47 Å². The maximum atomic E-state index is 6.01. The van der Waals surface area contributed by atoms with Crippen LogP contribution in [0.5, 0.6) is 23.0 Å². The van der Waals surface area contributed by atoms with Crippen molar-refractivity contribution in [2.24, 2.45) is 0 Å². The molecule has 0 N–H and O–H groups in total. The number of rotatable bonds is 4. The Hall–Kier alpha value is -2.74. The minimum atomic E-state index is 0.806. The lowest BCUT2D eigenvalue weighted by molar-refractivity contribution is 0.453. The van der Waals surface area contributed by atoms with Gasteiger partial charge in [0.05, 0.1) is 0 Å². The summed E-state index contributed by atoms with van der Waals surface area (Å²) in [5, 5.41) is 0. The van der Waals surface area contributed by atoms with Crippen molar-refractivity contribution in [2.75, 3.05) is 0 Å². The van der Waals surface area contributed by atoms with Crippen LogP contribution < -0.4 is 9.47 Å². The van der Waals surface area contributed by atoms with Crippen LogP contribution in [0.1, 0.15) is 16.7 Å². The molecule has 0 radical (unpaired) electrons. The summed E-state index contributed by atoms with van der Waals surface area (Å²) < 4.78 is 12.0. The first kappa shape index (κ1) is 15.2. The zero-order valence-corrected chi connectivity index (χ0v) is 13.7. The van der Waals surface area contributed by atoms with Gasteiger partial charge < -0.3 is 9.47 Å². The summed E-state index contributed by atoms with van der Waals surface area (Å²) >= 11 is 0. The highest BCUT2D eigenvalue weighted by molar-refractivity contribution is 5.47. The van der Waals surface area contributed by atoms with Gasteiger partial charge >= 0.3 is 0 Å².